The number of H-pyrrole nitrogens is 1. The van der Waals surface area contributed by atoms with Gasteiger partial charge >= 0.3 is 0 Å². The standard InChI is InChI=1S/C24H15ClF2N8/c25-18-7-15(32-22(20-12-31-35-34-20)13-4-2-1-3-5-13)6-17-21(14(9-28)10-29-23(17)18)33-16-8-19(26)24(27)30-11-16/h1-8,10-12,22,32H,(H,29,33)(H,31,34,35)/t22-/m0/s1/i22D. The van der Waals surface area contributed by atoms with E-state index in [1.807, 2.05) is 12.1 Å². The number of nitriles is 1. The van der Waals surface area contributed by atoms with Gasteiger partial charge in [-0.1, -0.05) is 41.9 Å². The van der Waals surface area contributed by atoms with Gasteiger partial charge in [0.2, 0.25) is 5.95 Å². The summed E-state index contributed by atoms with van der Waals surface area (Å²) in [5.74, 6) is -2.39. The number of benzene rings is 2. The molecule has 0 aliphatic rings. The van der Waals surface area contributed by atoms with Crippen LogP contribution in [0.15, 0.2) is 67.1 Å². The summed E-state index contributed by atoms with van der Waals surface area (Å²) < 4.78 is 36.3. The van der Waals surface area contributed by atoms with Crippen molar-refractivity contribution in [1.29, 1.82) is 5.26 Å². The molecule has 5 rings (SSSR count). The Morgan fingerprint density at radius 2 is 1.89 bits per heavy atom. The fourth-order valence-electron chi connectivity index (χ4n) is 3.54. The molecule has 0 aliphatic carbocycles. The number of hydrogen-bond acceptors (Lipinski definition) is 7. The average molecular weight is 490 g/mol. The summed E-state index contributed by atoms with van der Waals surface area (Å²) in [6.07, 6.45) is 3.86. The highest BCUT2D eigenvalue weighted by molar-refractivity contribution is 6.36. The molecule has 3 N–H and O–H groups in total. The van der Waals surface area contributed by atoms with Gasteiger partial charge in [0.05, 0.1) is 47.3 Å². The van der Waals surface area contributed by atoms with E-state index in [-0.39, 0.29) is 22.0 Å². The number of aromatic nitrogens is 5. The molecule has 0 spiro atoms. The van der Waals surface area contributed by atoms with E-state index < -0.39 is 17.8 Å². The van der Waals surface area contributed by atoms with Crippen LogP contribution in [0, 0.1) is 23.1 Å². The maximum absolute atomic E-state index is 13.8. The molecule has 5 aromatic rings. The van der Waals surface area contributed by atoms with E-state index >= 15 is 0 Å². The van der Waals surface area contributed by atoms with Gasteiger partial charge in [0, 0.05) is 23.3 Å². The molecule has 1 atom stereocenters. The molecule has 8 nitrogen and oxygen atoms in total. The molecule has 0 radical (unpaired) electrons. The van der Waals surface area contributed by atoms with Gasteiger partial charge in [-0.05, 0) is 17.7 Å². The predicted molar refractivity (Wildman–Crippen MR) is 127 cm³/mol. The Morgan fingerprint density at radius 1 is 1.06 bits per heavy atom. The molecule has 0 saturated heterocycles. The second-order valence-corrected chi connectivity index (χ2v) is 7.76. The first-order valence-corrected chi connectivity index (χ1v) is 10.6. The van der Waals surface area contributed by atoms with Crippen LogP contribution < -0.4 is 10.6 Å². The number of aromatic amines is 1. The summed E-state index contributed by atoms with van der Waals surface area (Å²) in [5.41, 5.74) is 2.18. The van der Waals surface area contributed by atoms with Crippen molar-refractivity contribution in [3.8, 4) is 6.07 Å². The first kappa shape index (κ1) is 20.9. The number of fused-ring (bicyclic) bond motifs is 1. The second kappa shape index (κ2) is 9.32. The lowest BCUT2D eigenvalue weighted by molar-refractivity contribution is 0.480. The highest BCUT2D eigenvalue weighted by Crippen LogP contribution is 2.36. The fraction of sp³-hybridized carbons (Fsp3) is 0.0417. The number of halogens is 3. The number of hydrogen-bond donors (Lipinski definition) is 3. The minimum atomic E-state index is -1.55. The minimum absolute atomic E-state index is 0.120. The maximum atomic E-state index is 13.8. The number of pyridine rings is 2. The molecule has 2 aromatic carbocycles. The van der Waals surface area contributed by atoms with Crippen molar-refractivity contribution >= 4 is 39.6 Å². The van der Waals surface area contributed by atoms with Crippen molar-refractivity contribution in [3.05, 3.63) is 101 Å². The summed E-state index contributed by atoms with van der Waals surface area (Å²) >= 11 is 6.55. The minimum Gasteiger partial charge on any atom is -0.373 e. The molecule has 0 bridgehead atoms. The quantitative estimate of drug-likeness (QED) is 0.270. The van der Waals surface area contributed by atoms with Crippen molar-refractivity contribution in [2.24, 2.45) is 0 Å². The molecule has 172 valence electrons. The number of rotatable bonds is 6. The van der Waals surface area contributed by atoms with Crippen molar-refractivity contribution < 1.29 is 10.2 Å². The molecule has 35 heavy (non-hydrogen) atoms. The van der Waals surface area contributed by atoms with Crippen LogP contribution in [0.5, 0.6) is 0 Å². The Balaban J connectivity index is 1.65. The fourth-order valence-corrected chi connectivity index (χ4v) is 3.81. The lowest BCUT2D eigenvalue weighted by Gasteiger charge is -2.20. The van der Waals surface area contributed by atoms with Crippen LogP contribution in [-0.2, 0) is 0 Å². The molecular formula is C24H15ClF2N8. The summed E-state index contributed by atoms with van der Waals surface area (Å²) in [5, 5.41) is 26.9. The molecule has 0 unspecified atom stereocenters. The summed E-state index contributed by atoms with van der Waals surface area (Å²) in [6, 6.07) is 13.6. The second-order valence-electron chi connectivity index (χ2n) is 7.36. The zero-order valence-electron chi connectivity index (χ0n) is 18.7. The molecule has 3 heterocycles. The summed E-state index contributed by atoms with van der Waals surface area (Å²) in [4.78, 5) is 7.66. The van der Waals surface area contributed by atoms with Gasteiger partial charge < -0.3 is 10.6 Å². The topological polar surface area (TPSA) is 115 Å². The van der Waals surface area contributed by atoms with E-state index in [9.17, 15) is 15.4 Å². The predicted octanol–water partition coefficient (Wildman–Crippen LogP) is 5.50. The van der Waals surface area contributed by atoms with Crippen LogP contribution in [0.4, 0.5) is 25.8 Å². The van der Waals surface area contributed by atoms with E-state index in [0.29, 0.717) is 27.8 Å². The third kappa shape index (κ3) is 4.45. The molecule has 0 aliphatic heterocycles. The number of anilines is 3. The molecule has 3 aromatic heterocycles. The van der Waals surface area contributed by atoms with Gasteiger partial charge in [0.15, 0.2) is 5.82 Å². The SMILES string of the molecule is [2H][C@](Nc1cc(Cl)c2ncc(C#N)c(Nc3cnc(F)c(F)c3)c2c1)(c1ccccc1)c1cn[nH]n1. The van der Waals surface area contributed by atoms with Crippen LogP contribution in [0.3, 0.4) is 0 Å². The van der Waals surface area contributed by atoms with Gasteiger partial charge in [-0.25, -0.2) is 9.37 Å². The third-order valence-electron chi connectivity index (χ3n) is 5.11. The zero-order valence-corrected chi connectivity index (χ0v) is 18.5. The first-order valence-electron chi connectivity index (χ1n) is 10.7. The van der Waals surface area contributed by atoms with Crippen LogP contribution >= 0.6 is 11.6 Å². The molecule has 0 amide bonds. The van der Waals surface area contributed by atoms with E-state index in [4.69, 9.17) is 11.6 Å². The Kier molecular flexibility index (Phi) is 5.58. The molecule has 0 fully saturated rings. The normalized spacial score (nSPS) is 13.0. The molecular weight excluding hydrogens is 474 g/mol. The number of nitrogens with zero attached hydrogens (tertiary/aromatic N) is 5. The Bertz CT molecular complexity index is 1610. The Morgan fingerprint density at radius 3 is 2.60 bits per heavy atom. The van der Waals surface area contributed by atoms with Crippen LogP contribution in [0.2, 0.25) is 5.02 Å². The lowest BCUT2D eigenvalue weighted by atomic mass is 10.0. The third-order valence-corrected chi connectivity index (χ3v) is 5.40. The van der Waals surface area contributed by atoms with E-state index in [0.717, 1.165) is 12.3 Å². The molecule has 11 heteroatoms. The smallest absolute Gasteiger partial charge is 0.249 e. The van der Waals surface area contributed by atoms with Crippen molar-refractivity contribution in [2.75, 3.05) is 10.6 Å². The van der Waals surface area contributed by atoms with Gasteiger partial charge in [0.25, 0.3) is 0 Å². The largest absolute Gasteiger partial charge is 0.373 e. The van der Waals surface area contributed by atoms with Gasteiger partial charge in [-0.3, -0.25) is 4.98 Å². The lowest BCUT2D eigenvalue weighted by Crippen LogP contribution is -2.13. The van der Waals surface area contributed by atoms with E-state index in [1.54, 1.807) is 36.4 Å². The Labute approximate surface area is 204 Å². The van der Waals surface area contributed by atoms with E-state index in [1.165, 1.54) is 12.4 Å². The average Bonchev–Trinajstić information content (AvgIpc) is 3.43. The maximum Gasteiger partial charge on any atom is 0.249 e. The highest BCUT2D eigenvalue weighted by Gasteiger charge is 2.19. The number of nitrogens with one attached hydrogen (secondary N) is 3. The zero-order chi connectivity index (χ0) is 25.3. The van der Waals surface area contributed by atoms with Crippen molar-refractivity contribution in [2.45, 2.75) is 6.02 Å². The first-order chi connectivity index (χ1) is 17.4. The Hall–Kier alpha value is -4.62. The molecule has 0 saturated carbocycles. The monoisotopic (exact) mass is 489 g/mol. The van der Waals surface area contributed by atoms with Crippen molar-refractivity contribution in [1.82, 2.24) is 25.4 Å². The van der Waals surface area contributed by atoms with Crippen LogP contribution in [-0.4, -0.2) is 25.4 Å². The van der Waals surface area contributed by atoms with Crippen LogP contribution in [0.1, 0.15) is 24.2 Å². The highest BCUT2D eigenvalue weighted by atomic mass is 35.5. The van der Waals surface area contributed by atoms with Gasteiger partial charge in [-0.15, -0.1) is 0 Å². The van der Waals surface area contributed by atoms with Crippen LogP contribution in [0.25, 0.3) is 10.9 Å². The van der Waals surface area contributed by atoms with Crippen molar-refractivity contribution in [3.63, 3.8) is 0 Å². The summed E-state index contributed by atoms with van der Waals surface area (Å²) in [6.45, 7) is 0. The van der Waals surface area contributed by atoms with E-state index in [2.05, 4.69) is 36.0 Å². The summed E-state index contributed by atoms with van der Waals surface area (Å²) in [7, 11) is 0. The van der Waals surface area contributed by atoms with Gasteiger partial charge in [0.1, 0.15) is 11.8 Å². The van der Waals surface area contributed by atoms with Gasteiger partial charge in [-0.2, -0.15) is 25.1 Å².